The average molecular weight is 425 g/mol. The van der Waals surface area contributed by atoms with Gasteiger partial charge in [-0.15, -0.1) is 11.3 Å². The number of anilines is 2. The van der Waals surface area contributed by atoms with Crippen LogP contribution in [0.25, 0.3) is 0 Å². The van der Waals surface area contributed by atoms with Crippen LogP contribution in [0.1, 0.15) is 29.0 Å². The summed E-state index contributed by atoms with van der Waals surface area (Å²) in [5.41, 5.74) is 2.68. The first-order chi connectivity index (χ1) is 14.6. The van der Waals surface area contributed by atoms with Crippen LogP contribution in [0.5, 0.6) is 11.5 Å². The van der Waals surface area contributed by atoms with Crippen LogP contribution in [-0.2, 0) is 22.7 Å². The van der Waals surface area contributed by atoms with Crippen LogP contribution >= 0.6 is 11.3 Å². The smallest absolute Gasteiger partial charge is 0.222 e. The summed E-state index contributed by atoms with van der Waals surface area (Å²) in [5, 5.41) is 4.17. The number of thiazole rings is 1. The van der Waals surface area contributed by atoms with Crippen molar-refractivity contribution in [1.29, 1.82) is 0 Å². The molecule has 1 amide bonds. The fourth-order valence-corrected chi connectivity index (χ4v) is 4.01. The number of amides is 1. The van der Waals surface area contributed by atoms with Crippen LogP contribution in [0.2, 0.25) is 0 Å². The predicted molar refractivity (Wildman–Crippen MR) is 116 cm³/mol. The molecule has 0 spiro atoms. The third kappa shape index (κ3) is 4.95. The molecule has 0 radical (unpaired) electrons. The second kappa shape index (κ2) is 9.23. The van der Waals surface area contributed by atoms with E-state index in [9.17, 15) is 4.79 Å². The normalized spacial score (nSPS) is 13.7. The molecule has 4 rings (SSSR count). The van der Waals surface area contributed by atoms with E-state index in [4.69, 9.17) is 9.47 Å². The number of carbonyl (C=O) groups is 1. The van der Waals surface area contributed by atoms with Gasteiger partial charge >= 0.3 is 0 Å². The van der Waals surface area contributed by atoms with Gasteiger partial charge in [0, 0.05) is 48.9 Å². The highest BCUT2D eigenvalue weighted by Crippen LogP contribution is 2.31. The molecule has 1 aromatic carbocycles. The van der Waals surface area contributed by atoms with E-state index < -0.39 is 0 Å². The van der Waals surface area contributed by atoms with Crippen LogP contribution < -0.4 is 10.1 Å². The Kier molecular flexibility index (Phi) is 6.25. The number of aromatic nitrogens is 2. The second-order valence-corrected chi connectivity index (χ2v) is 8.40. The zero-order chi connectivity index (χ0) is 20.9. The van der Waals surface area contributed by atoms with Gasteiger partial charge < -0.3 is 19.7 Å². The summed E-state index contributed by atoms with van der Waals surface area (Å²) in [6, 6.07) is 9.64. The van der Waals surface area contributed by atoms with Crippen LogP contribution in [0.4, 0.5) is 10.8 Å². The first-order valence-corrected chi connectivity index (χ1v) is 10.6. The molecule has 0 aliphatic carbocycles. The summed E-state index contributed by atoms with van der Waals surface area (Å²) >= 11 is 1.60. The highest BCUT2D eigenvalue weighted by atomic mass is 32.1. The van der Waals surface area contributed by atoms with Crippen molar-refractivity contribution in [1.82, 2.24) is 14.9 Å². The van der Waals surface area contributed by atoms with Crippen LogP contribution in [0, 0.1) is 6.92 Å². The molecule has 1 N–H and O–H groups in total. The lowest BCUT2D eigenvalue weighted by molar-refractivity contribution is -0.128. The van der Waals surface area contributed by atoms with Gasteiger partial charge in [-0.2, -0.15) is 0 Å². The molecule has 0 bridgehead atoms. The van der Waals surface area contributed by atoms with Crippen LogP contribution in [0.15, 0.2) is 42.7 Å². The number of nitrogens with zero attached hydrogens (tertiary/aromatic N) is 3. The van der Waals surface area contributed by atoms with Crippen molar-refractivity contribution in [3.05, 3.63) is 58.9 Å². The molecular weight excluding hydrogens is 400 g/mol. The first-order valence-electron chi connectivity index (χ1n) is 9.82. The topological polar surface area (TPSA) is 76.6 Å². The standard InChI is InChI=1S/C22H24N4O3S/c1-15-11-24-22(30-15)25-17-6-8-20(16(10-17)13-26-9-3-4-21(26)27)29-19-7-5-18(14-28-2)23-12-19/h5-8,10-12H,3-4,9,13-14H2,1-2H3,(H,24,25). The predicted octanol–water partition coefficient (Wildman–Crippen LogP) is 4.65. The maximum Gasteiger partial charge on any atom is 0.222 e. The van der Waals surface area contributed by atoms with Crippen molar-refractivity contribution in [3.63, 3.8) is 0 Å². The van der Waals surface area contributed by atoms with Crippen molar-refractivity contribution >= 4 is 28.1 Å². The van der Waals surface area contributed by atoms with Gasteiger partial charge in [0.2, 0.25) is 5.91 Å². The number of carbonyl (C=O) groups excluding carboxylic acids is 1. The van der Waals surface area contributed by atoms with E-state index in [1.807, 2.05) is 48.4 Å². The summed E-state index contributed by atoms with van der Waals surface area (Å²) in [6.07, 6.45) is 5.03. The van der Waals surface area contributed by atoms with Gasteiger partial charge in [0.1, 0.15) is 11.5 Å². The molecule has 3 heterocycles. The monoisotopic (exact) mass is 424 g/mol. The molecular formula is C22H24N4O3S. The van der Waals surface area contributed by atoms with Gasteiger partial charge in [0.15, 0.2) is 5.13 Å². The number of nitrogens with one attached hydrogen (secondary N) is 1. The van der Waals surface area contributed by atoms with E-state index in [-0.39, 0.29) is 5.91 Å². The maximum absolute atomic E-state index is 12.2. The number of methoxy groups -OCH3 is 1. The van der Waals surface area contributed by atoms with E-state index in [1.54, 1.807) is 24.6 Å². The van der Waals surface area contributed by atoms with Crippen molar-refractivity contribution in [2.75, 3.05) is 19.0 Å². The molecule has 1 saturated heterocycles. The Bertz CT molecular complexity index is 1020. The van der Waals surface area contributed by atoms with Crippen molar-refractivity contribution in [2.45, 2.75) is 32.9 Å². The van der Waals surface area contributed by atoms with Gasteiger partial charge in [-0.3, -0.25) is 9.78 Å². The molecule has 2 aromatic heterocycles. The molecule has 3 aromatic rings. The Labute approximate surface area is 179 Å². The van der Waals surface area contributed by atoms with Gasteiger partial charge in [-0.25, -0.2) is 4.98 Å². The van der Waals surface area contributed by atoms with Crippen molar-refractivity contribution < 1.29 is 14.3 Å². The molecule has 8 heteroatoms. The summed E-state index contributed by atoms with van der Waals surface area (Å²) in [4.78, 5) is 23.9. The second-order valence-electron chi connectivity index (χ2n) is 7.16. The molecule has 0 saturated carbocycles. The minimum Gasteiger partial charge on any atom is -0.455 e. The third-order valence-electron chi connectivity index (χ3n) is 4.78. The minimum absolute atomic E-state index is 0.181. The van der Waals surface area contributed by atoms with E-state index in [1.165, 1.54) is 0 Å². The molecule has 1 fully saturated rings. The number of aryl methyl sites for hydroxylation is 1. The Balaban J connectivity index is 1.57. The number of hydrogen-bond donors (Lipinski definition) is 1. The molecule has 0 unspecified atom stereocenters. The van der Waals surface area contributed by atoms with Crippen molar-refractivity contribution in [3.8, 4) is 11.5 Å². The van der Waals surface area contributed by atoms with E-state index in [0.29, 0.717) is 31.1 Å². The molecule has 0 atom stereocenters. The average Bonchev–Trinajstić information content (AvgIpc) is 3.33. The summed E-state index contributed by atoms with van der Waals surface area (Å²) in [6.45, 7) is 3.76. The Morgan fingerprint density at radius 3 is 2.77 bits per heavy atom. The fraction of sp³-hybridized carbons (Fsp3) is 0.318. The zero-order valence-corrected chi connectivity index (χ0v) is 17.9. The van der Waals surface area contributed by atoms with Gasteiger partial charge in [0.05, 0.1) is 18.5 Å². The van der Waals surface area contributed by atoms with E-state index >= 15 is 0 Å². The lowest BCUT2D eigenvalue weighted by Gasteiger charge is -2.19. The minimum atomic E-state index is 0.181. The fourth-order valence-electron chi connectivity index (χ4n) is 3.32. The molecule has 7 nitrogen and oxygen atoms in total. The first kappa shape index (κ1) is 20.3. The number of pyridine rings is 1. The third-order valence-corrected chi connectivity index (χ3v) is 5.61. The number of benzene rings is 1. The lowest BCUT2D eigenvalue weighted by Crippen LogP contribution is -2.24. The highest BCUT2D eigenvalue weighted by Gasteiger charge is 2.22. The van der Waals surface area contributed by atoms with Crippen molar-refractivity contribution in [2.24, 2.45) is 0 Å². The largest absolute Gasteiger partial charge is 0.455 e. The summed E-state index contributed by atoms with van der Waals surface area (Å²) in [5.74, 6) is 1.53. The lowest BCUT2D eigenvalue weighted by atomic mass is 10.1. The Morgan fingerprint density at radius 2 is 2.10 bits per heavy atom. The molecule has 1 aliphatic rings. The van der Waals surface area contributed by atoms with Crippen LogP contribution in [0.3, 0.4) is 0 Å². The number of likely N-dealkylation sites (tertiary alicyclic amines) is 1. The highest BCUT2D eigenvalue weighted by molar-refractivity contribution is 7.15. The Hall–Kier alpha value is -2.97. The van der Waals surface area contributed by atoms with E-state index in [2.05, 4.69) is 15.3 Å². The zero-order valence-electron chi connectivity index (χ0n) is 17.1. The molecule has 156 valence electrons. The van der Waals surface area contributed by atoms with Gasteiger partial charge in [-0.05, 0) is 43.7 Å². The summed E-state index contributed by atoms with van der Waals surface area (Å²) in [7, 11) is 1.64. The Morgan fingerprint density at radius 1 is 1.20 bits per heavy atom. The number of ether oxygens (including phenoxy) is 2. The quantitative estimate of drug-likeness (QED) is 0.567. The molecule has 30 heavy (non-hydrogen) atoms. The number of rotatable bonds is 8. The maximum atomic E-state index is 12.2. The van der Waals surface area contributed by atoms with Crippen LogP contribution in [-0.4, -0.2) is 34.4 Å². The van der Waals surface area contributed by atoms with E-state index in [0.717, 1.165) is 39.9 Å². The molecule has 1 aliphatic heterocycles. The number of hydrogen-bond acceptors (Lipinski definition) is 7. The SMILES string of the molecule is COCc1ccc(Oc2ccc(Nc3ncc(C)s3)cc2CN2CCCC2=O)cn1. The van der Waals surface area contributed by atoms with Gasteiger partial charge in [-0.1, -0.05) is 0 Å². The summed E-state index contributed by atoms with van der Waals surface area (Å²) < 4.78 is 11.2. The van der Waals surface area contributed by atoms with Gasteiger partial charge in [0.25, 0.3) is 0 Å².